The number of benzene rings is 1. The monoisotopic (exact) mass is 314 g/mol. The van der Waals surface area contributed by atoms with Crippen molar-refractivity contribution >= 4 is 5.91 Å². The molecule has 1 aromatic carbocycles. The highest BCUT2D eigenvalue weighted by Crippen LogP contribution is 2.24. The predicted molar refractivity (Wildman–Crippen MR) is 94.3 cm³/mol. The molecule has 2 fully saturated rings. The van der Waals surface area contributed by atoms with Gasteiger partial charge in [0.1, 0.15) is 0 Å². The van der Waals surface area contributed by atoms with Crippen molar-refractivity contribution in [1.29, 1.82) is 0 Å². The molecule has 1 N–H and O–H groups in total. The largest absolute Gasteiger partial charge is 0.339 e. The Hall–Kier alpha value is -1.35. The Labute approximate surface area is 140 Å². The molecule has 0 spiro atoms. The van der Waals surface area contributed by atoms with Gasteiger partial charge in [0.25, 0.3) is 0 Å². The van der Waals surface area contributed by atoms with Crippen LogP contribution in [0.25, 0.3) is 0 Å². The maximum Gasteiger partial charge on any atom is 0.222 e. The van der Waals surface area contributed by atoms with E-state index in [4.69, 9.17) is 0 Å². The second-order valence-corrected chi connectivity index (χ2v) is 7.16. The van der Waals surface area contributed by atoms with Crippen molar-refractivity contribution in [3.63, 3.8) is 0 Å². The summed E-state index contributed by atoms with van der Waals surface area (Å²) >= 11 is 0. The van der Waals surface area contributed by atoms with Gasteiger partial charge in [0.15, 0.2) is 0 Å². The third-order valence-electron chi connectivity index (χ3n) is 5.49. The Bertz CT molecular complexity index is 482. The fourth-order valence-electron chi connectivity index (χ4n) is 4.07. The summed E-state index contributed by atoms with van der Waals surface area (Å²) in [5.41, 5.74) is 1.36. The summed E-state index contributed by atoms with van der Waals surface area (Å²) in [7, 11) is 0. The quantitative estimate of drug-likeness (QED) is 0.903. The minimum absolute atomic E-state index is 0.393. The van der Waals surface area contributed by atoms with Crippen LogP contribution in [0.3, 0.4) is 0 Å². The van der Waals surface area contributed by atoms with Crippen LogP contribution in [-0.4, -0.2) is 36.5 Å². The van der Waals surface area contributed by atoms with Crippen molar-refractivity contribution in [3.05, 3.63) is 35.9 Å². The van der Waals surface area contributed by atoms with Gasteiger partial charge in [-0.25, -0.2) is 0 Å². The smallest absolute Gasteiger partial charge is 0.222 e. The van der Waals surface area contributed by atoms with Crippen LogP contribution in [0.2, 0.25) is 0 Å². The van der Waals surface area contributed by atoms with Gasteiger partial charge in [0.2, 0.25) is 5.91 Å². The van der Waals surface area contributed by atoms with Crippen molar-refractivity contribution in [2.24, 2.45) is 5.92 Å². The van der Waals surface area contributed by atoms with Gasteiger partial charge in [-0.1, -0.05) is 30.3 Å². The van der Waals surface area contributed by atoms with Gasteiger partial charge in [-0.15, -0.1) is 0 Å². The summed E-state index contributed by atoms with van der Waals surface area (Å²) < 4.78 is 0. The highest BCUT2D eigenvalue weighted by molar-refractivity contribution is 5.76. The zero-order chi connectivity index (χ0) is 15.9. The summed E-state index contributed by atoms with van der Waals surface area (Å²) in [6, 6.07) is 11.0. The first-order valence-electron chi connectivity index (χ1n) is 9.37. The molecule has 126 valence electrons. The van der Waals surface area contributed by atoms with Gasteiger partial charge < -0.3 is 10.2 Å². The van der Waals surface area contributed by atoms with Gasteiger partial charge >= 0.3 is 0 Å². The summed E-state index contributed by atoms with van der Waals surface area (Å²) in [6.45, 7) is 3.21. The van der Waals surface area contributed by atoms with Crippen LogP contribution in [-0.2, 0) is 11.2 Å². The Kier molecular flexibility index (Phi) is 6.09. The van der Waals surface area contributed by atoms with Crippen molar-refractivity contribution in [2.75, 3.05) is 19.6 Å². The maximum absolute atomic E-state index is 12.8. The lowest BCUT2D eigenvalue weighted by molar-refractivity contribution is -0.135. The summed E-state index contributed by atoms with van der Waals surface area (Å²) in [5.74, 6) is 1.14. The minimum atomic E-state index is 0.393. The molecule has 2 heterocycles. The Morgan fingerprint density at radius 3 is 2.65 bits per heavy atom. The normalized spacial score (nSPS) is 23.0. The number of rotatable bonds is 5. The van der Waals surface area contributed by atoms with Crippen LogP contribution in [0.5, 0.6) is 0 Å². The molecule has 2 aliphatic rings. The van der Waals surface area contributed by atoms with E-state index in [1.807, 2.05) is 0 Å². The molecular formula is C20H30N2O. The summed E-state index contributed by atoms with van der Waals surface area (Å²) in [4.78, 5) is 14.9. The first-order chi connectivity index (χ1) is 11.3. The number of amides is 1. The van der Waals surface area contributed by atoms with Crippen LogP contribution < -0.4 is 5.32 Å². The van der Waals surface area contributed by atoms with Gasteiger partial charge in [-0.2, -0.15) is 0 Å². The molecule has 0 bridgehead atoms. The van der Waals surface area contributed by atoms with Crippen molar-refractivity contribution < 1.29 is 4.79 Å². The number of piperidine rings is 2. The molecule has 1 atom stereocenters. The molecule has 0 radical (unpaired) electrons. The molecule has 3 rings (SSSR count). The van der Waals surface area contributed by atoms with Crippen molar-refractivity contribution in [1.82, 2.24) is 10.2 Å². The molecular weight excluding hydrogens is 284 g/mol. The second kappa shape index (κ2) is 8.49. The average Bonchev–Trinajstić information content (AvgIpc) is 2.62. The van der Waals surface area contributed by atoms with E-state index in [0.29, 0.717) is 11.9 Å². The zero-order valence-corrected chi connectivity index (χ0v) is 14.2. The molecule has 1 amide bonds. The lowest BCUT2D eigenvalue weighted by Crippen LogP contribution is -2.45. The van der Waals surface area contributed by atoms with E-state index in [-0.39, 0.29) is 0 Å². The molecule has 23 heavy (non-hydrogen) atoms. The molecule has 2 saturated heterocycles. The first kappa shape index (κ1) is 16.5. The van der Waals surface area contributed by atoms with E-state index in [9.17, 15) is 4.79 Å². The topological polar surface area (TPSA) is 32.3 Å². The molecule has 3 heteroatoms. The van der Waals surface area contributed by atoms with Crippen LogP contribution >= 0.6 is 0 Å². The SMILES string of the molecule is O=C(CCC1CCNCC1)N1CCCCC1Cc1ccccc1. The van der Waals surface area contributed by atoms with Crippen molar-refractivity contribution in [2.45, 2.75) is 57.4 Å². The van der Waals surface area contributed by atoms with Crippen LogP contribution in [0.1, 0.15) is 50.5 Å². The number of carbonyl (C=O) groups is 1. The molecule has 0 aliphatic carbocycles. The lowest BCUT2D eigenvalue weighted by atomic mass is 9.91. The Balaban J connectivity index is 1.53. The Morgan fingerprint density at radius 1 is 1.09 bits per heavy atom. The van der Waals surface area contributed by atoms with E-state index in [1.54, 1.807) is 0 Å². The molecule has 3 nitrogen and oxygen atoms in total. The highest BCUT2D eigenvalue weighted by Gasteiger charge is 2.27. The van der Waals surface area contributed by atoms with E-state index in [2.05, 4.69) is 40.5 Å². The van der Waals surface area contributed by atoms with Crippen LogP contribution in [0, 0.1) is 5.92 Å². The molecule has 1 aromatic rings. The Morgan fingerprint density at radius 2 is 1.87 bits per heavy atom. The molecule has 0 saturated carbocycles. The van der Waals surface area contributed by atoms with E-state index < -0.39 is 0 Å². The van der Waals surface area contributed by atoms with Crippen molar-refractivity contribution in [3.8, 4) is 0 Å². The van der Waals surface area contributed by atoms with Gasteiger partial charge in [0, 0.05) is 19.0 Å². The summed E-state index contributed by atoms with van der Waals surface area (Å²) in [5, 5.41) is 3.40. The average molecular weight is 314 g/mol. The number of hydrogen-bond donors (Lipinski definition) is 1. The third kappa shape index (κ3) is 4.81. The number of nitrogens with zero attached hydrogens (tertiary/aromatic N) is 1. The lowest BCUT2D eigenvalue weighted by Gasteiger charge is -2.36. The van der Waals surface area contributed by atoms with Gasteiger partial charge in [-0.3, -0.25) is 4.79 Å². The standard InChI is InChI=1S/C20H30N2O/c23-20(10-9-17-11-13-21-14-12-17)22-15-5-4-8-19(22)16-18-6-2-1-3-7-18/h1-3,6-7,17,19,21H,4-5,8-16H2. The highest BCUT2D eigenvalue weighted by atomic mass is 16.2. The van der Waals surface area contributed by atoms with E-state index in [0.717, 1.165) is 51.2 Å². The summed E-state index contributed by atoms with van der Waals surface area (Å²) in [6.07, 6.45) is 8.90. The van der Waals surface area contributed by atoms with E-state index in [1.165, 1.54) is 31.2 Å². The van der Waals surface area contributed by atoms with Gasteiger partial charge in [0.05, 0.1) is 0 Å². The minimum Gasteiger partial charge on any atom is -0.339 e. The number of nitrogens with one attached hydrogen (secondary N) is 1. The van der Waals surface area contributed by atoms with Crippen LogP contribution in [0.4, 0.5) is 0 Å². The van der Waals surface area contributed by atoms with Gasteiger partial charge in [-0.05, 0) is 69.5 Å². The molecule has 1 unspecified atom stereocenters. The zero-order valence-electron chi connectivity index (χ0n) is 14.2. The van der Waals surface area contributed by atoms with Crippen LogP contribution in [0.15, 0.2) is 30.3 Å². The molecule has 0 aromatic heterocycles. The number of hydrogen-bond acceptors (Lipinski definition) is 2. The third-order valence-corrected chi connectivity index (χ3v) is 5.49. The predicted octanol–water partition coefficient (Wildman–Crippen LogP) is 3.39. The second-order valence-electron chi connectivity index (χ2n) is 7.16. The fraction of sp³-hybridized carbons (Fsp3) is 0.650. The number of likely N-dealkylation sites (tertiary alicyclic amines) is 1. The van der Waals surface area contributed by atoms with E-state index >= 15 is 0 Å². The fourth-order valence-corrected chi connectivity index (χ4v) is 4.07. The first-order valence-corrected chi connectivity index (χ1v) is 9.37. The maximum atomic E-state index is 12.8. The number of carbonyl (C=O) groups excluding carboxylic acids is 1. The molecule has 2 aliphatic heterocycles.